The lowest BCUT2D eigenvalue weighted by Gasteiger charge is -2.51. The Hall–Kier alpha value is -2.11. The average Bonchev–Trinajstić information content (AvgIpc) is 3.44. The third kappa shape index (κ3) is 8.09. The summed E-state index contributed by atoms with van der Waals surface area (Å²) < 4.78 is 4.57. The molecule has 4 rings (SSSR count). The predicted octanol–water partition coefficient (Wildman–Crippen LogP) is 5.03. The number of fused-ring (bicyclic) bond motifs is 5. The summed E-state index contributed by atoms with van der Waals surface area (Å²) in [7, 11) is 0. The van der Waals surface area contributed by atoms with E-state index >= 15 is 0 Å². The third-order valence-electron chi connectivity index (χ3n) is 11.9. The van der Waals surface area contributed by atoms with E-state index in [1.54, 1.807) is 26.0 Å². The second kappa shape index (κ2) is 16.7. The molecule has 10 nitrogen and oxygen atoms in total. The standard InChI is InChI=1S/C20H28O6.C18H34O4/c1-9-5-13-18(24,15(9)22)7-11(8-21)6-12-14-17(3,4)20(14,26)16(23)10(2)19(12,13)25;1-2-3-4-5-6-7-8-9-10-11-12-13-14-15-18(21)22-16-17(19)20/h5-6,10,12-14,16,21,23-26H,7-8H2,1-4H3;2-16H2,1H3,(H,19,20)/t10-,12+,13-,14-,16-,18+,19+,20+;/m1./s1. The lowest BCUT2D eigenvalue weighted by molar-refractivity contribution is -0.209. The SMILES string of the molecule is CC1=C[C@H]2[C@]3(O)[C@H](C)[C@@H](O)[C@@]4(O)[C@H]([C@@H]3C=C(CO)C[C@@]2(O)C1=O)C4(C)C.CCCCCCCCCCCCCCCC(=O)OCC(=O)O. The first-order valence-electron chi connectivity index (χ1n) is 18.3. The van der Waals surface area contributed by atoms with Crippen LogP contribution in [0.1, 0.15) is 131 Å². The van der Waals surface area contributed by atoms with Crippen molar-refractivity contribution in [3.05, 3.63) is 23.3 Å². The van der Waals surface area contributed by atoms with E-state index in [-0.39, 0.29) is 13.0 Å². The van der Waals surface area contributed by atoms with Crippen molar-refractivity contribution in [2.24, 2.45) is 29.1 Å². The fraction of sp³-hybridized carbons (Fsp3) is 0.816. The van der Waals surface area contributed by atoms with Crippen LogP contribution in [0.15, 0.2) is 23.3 Å². The molecule has 274 valence electrons. The highest BCUT2D eigenvalue weighted by molar-refractivity contribution is 6.04. The molecule has 2 saturated carbocycles. The van der Waals surface area contributed by atoms with Gasteiger partial charge < -0.3 is 35.4 Å². The number of Topliss-reactive ketones (excluding diaryl/α,β-unsaturated/α-hetero) is 1. The van der Waals surface area contributed by atoms with Crippen molar-refractivity contribution in [1.29, 1.82) is 0 Å². The summed E-state index contributed by atoms with van der Waals surface area (Å²) in [5.41, 5.74) is -4.57. The maximum Gasteiger partial charge on any atom is 0.341 e. The molecule has 0 aliphatic heterocycles. The Balaban J connectivity index is 0.000000266. The zero-order valence-electron chi connectivity index (χ0n) is 29.9. The van der Waals surface area contributed by atoms with Gasteiger partial charge in [0.15, 0.2) is 12.4 Å². The molecule has 0 aromatic rings. The molecular weight excluding hydrogens is 616 g/mol. The molecule has 48 heavy (non-hydrogen) atoms. The first-order chi connectivity index (χ1) is 22.5. The Morgan fingerprint density at radius 1 is 0.896 bits per heavy atom. The summed E-state index contributed by atoms with van der Waals surface area (Å²) in [6, 6.07) is 0. The summed E-state index contributed by atoms with van der Waals surface area (Å²) in [6.45, 7) is 8.36. The zero-order chi connectivity index (χ0) is 35.9. The number of ketones is 1. The average molecular weight is 679 g/mol. The quantitative estimate of drug-likeness (QED) is 0.0694. The number of carboxylic acids is 1. The van der Waals surface area contributed by atoms with Crippen LogP contribution in [-0.2, 0) is 19.1 Å². The lowest BCUT2D eigenvalue weighted by atomic mass is 9.59. The molecule has 0 aromatic heterocycles. The van der Waals surface area contributed by atoms with E-state index in [1.807, 2.05) is 13.8 Å². The zero-order valence-corrected chi connectivity index (χ0v) is 29.9. The highest BCUT2D eigenvalue weighted by Gasteiger charge is 2.84. The van der Waals surface area contributed by atoms with Crippen molar-refractivity contribution in [2.75, 3.05) is 13.2 Å². The molecule has 6 N–H and O–H groups in total. The molecule has 4 aliphatic carbocycles. The molecular formula is C38H62O10. The first-order valence-corrected chi connectivity index (χ1v) is 18.3. The van der Waals surface area contributed by atoms with Gasteiger partial charge in [0, 0.05) is 41.9 Å². The second-order valence-electron chi connectivity index (χ2n) is 15.5. The number of rotatable bonds is 17. The van der Waals surface area contributed by atoms with Crippen molar-refractivity contribution < 1.29 is 49.8 Å². The van der Waals surface area contributed by atoms with Crippen LogP contribution in [0.4, 0.5) is 0 Å². The molecule has 8 atom stereocenters. The van der Waals surface area contributed by atoms with E-state index < -0.39 is 76.3 Å². The smallest absolute Gasteiger partial charge is 0.341 e. The van der Waals surface area contributed by atoms with Crippen molar-refractivity contribution in [3.8, 4) is 0 Å². The Morgan fingerprint density at radius 3 is 1.92 bits per heavy atom. The molecule has 0 spiro atoms. The fourth-order valence-electron chi connectivity index (χ4n) is 8.95. The van der Waals surface area contributed by atoms with Crippen LogP contribution in [-0.4, -0.2) is 84.5 Å². The number of hydrogen-bond donors (Lipinski definition) is 6. The minimum Gasteiger partial charge on any atom is -0.479 e. The largest absolute Gasteiger partial charge is 0.479 e. The number of aliphatic carboxylic acids is 1. The van der Waals surface area contributed by atoms with Crippen LogP contribution < -0.4 is 0 Å². The lowest BCUT2D eigenvalue weighted by Crippen LogP contribution is -2.65. The highest BCUT2D eigenvalue weighted by Crippen LogP contribution is 2.74. The van der Waals surface area contributed by atoms with Crippen molar-refractivity contribution in [2.45, 2.75) is 154 Å². The van der Waals surface area contributed by atoms with Gasteiger partial charge in [0.05, 0.1) is 18.3 Å². The van der Waals surface area contributed by atoms with E-state index in [0.29, 0.717) is 17.6 Å². The Labute approximate surface area is 286 Å². The van der Waals surface area contributed by atoms with Crippen LogP contribution in [0, 0.1) is 29.1 Å². The Bertz CT molecular complexity index is 1190. The number of carboxylic acid groups (broad SMARTS) is 1. The fourth-order valence-corrected chi connectivity index (χ4v) is 8.95. The number of carbonyl (C=O) groups is 3. The maximum absolute atomic E-state index is 12.7. The minimum absolute atomic E-state index is 0.0615. The van der Waals surface area contributed by atoms with Crippen LogP contribution in [0.3, 0.4) is 0 Å². The number of aliphatic hydroxyl groups is 5. The van der Waals surface area contributed by atoms with Gasteiger partial charge in [-0.2, -0.15) is 0 Å². The molecule has 10 heteroatoms. The monoisotopic (exact) mass is 678 g/mol. The molecule has 0 unspecified atom stereocenters. The normalized spacial score (nSPS) is 34.4. The summed E-state index contributed by atoms with van der Waals surface area (Å²) in [5, 5.41) is 63.3. The van der Waals surface area contributed by atoms with Gasteiger partial charge in [0.1, 0.15) is 11.2 Å². The number of esters is 1. The van der Waals surface area contributed by atoms with E-state index in [9.17, 15) is 39.9 Å². The number of carbonyl (C=O) groups excluding carboxylic acids is 2. The van der Waals surface area contributed by atoms with Crippen molar-refractivity contribution in [1.82, 2.24) is 0 Å². The molecule has 0 heterocycles. The van der Waals surface area contributed by atoms with Crippen molar-refractivity contribution in [3.63, 3.8) is 0 Å². The van der Waals surface area contributed by atoms with Gasteiger partial charge in [0.25, 0.3) is 0 Å². The van der Waals surface area contributed by atoms with E-state index in [0.717, 1.165) is 19.3 Å². The molecule has 0 amide bonds. The number of hydrogen-bond acceptors (Lipinski definition) is 9. The van der Waals surface area contributed by atoms with Crippen LogP contribution in [0.5, 0.6) is 0 Å². The minimum atomic E-state index is -1.84. The van der Waals surface area contributed by atoms with Crippen LogP contribution >= 0.6 is 0 Å². The van der Waals surface area contributed by atoms with Gasteiger partial charge in [-0.25, -0.2) is 4.79 Å². The molecule has 0 bridgehead atoms. The van der Waals surface area contributed by atoms with E-state index in [2.05, 4.69) is 11.7 Å². The van der Waals surface area contributed by atoms with Gasteiger partial charge in [-0.05, 0) is 24.5 Å². The van der Waals surface area contributed by atoms with Gasteiger partial charge in [-0.3, -0.25) is 9.59 Å². The predicted molar refractivity (Wildman–Crippen MR) is 182 cm³/mol. The van der Waals surface area contributed by atoms with E-state index in [4.69, 9.17) is 5.11 Å². The molecule has 2 fully saturated rings. The van der Waals surface area contributed by atoms with Gasteiger partial charge >= 0.3 is 11.9 Å². The number of unbranched alkanes of at least 4 members (excludes halogenated alkanes) is 12. The Kier molecular flexibility index (Phi) is 14.1. The summed E-state index contributed by atoms with van der Waals surface area (Å²) in [5.74, 6) is -4.64. The topological polar surface area (TPSA) is 182 Å². The highest BCUT2D eigenvalue weighted by atomic mass is 16.5. The van der Waals surface area contributed by atoms with E-state index in [1.165, 1.54) is 64.2 Å². The summed E-state index contributed by atoms with van der Waals surface area (Å²) in [6.07, 6.45) is 18.9. The number of aliphatic hydroxyl groups excluding tert-OH is 2. The molecule has 0 aromatic carbocycles. The van der Waals surface area contributed by atoms with Gasteiger partial charge in [0.2, 0.25) is 0 Å². The first kappa shape index (κ1) is 40.3. The molecule has 0 radical (unpaired) electrons. The summed E-state index contributed by atoms with van der Waals surface area (Å²) >= 11 is 0. The van der Waals surface area contributed by atoms with Crippen LogP contribution in [0.25, 0.3) is 0 Å². The number of ether oxygens (including phenoxy) is 1. The van der Waals surface area contributed by atoms with Gasteiger partial charge in [-0.1, -0.05) is 117 Å². The summed E-state index contributed by atoms with van der Waals surface area (Å²) in [4.78, 5) is 34.1. The maximum atomic E-state index is 12.7. The molecule has 0 saturated heterocycles. The third-order valence-corrected chi connectivity index (χ3v) is 11.9. The Morgan fingerprint density at radius 2 is 1.42 bits per heavy atom. The van der Waals surface area contributed by atoms with Crippen molar-refractivity contribution >= 4 is 17.7 Å². The van der Waals surface area contributed by atoms with Gasteiger partial charge in [-0.15, -0.1) is 0 Å². The second-order valence-corrected chi connectivity index (χ2v) is 15.5. The molecule has 4 aliphatic rings. The van der Waals surface area contributed by atoms with Crippen LogP contribution in [0.2, 0.25) is 0 Å².